The third kappa shape index (κ3) is 3.13. The molecular weight excluding hydrogens is 302 g/mol. The smallest absolute Gasteiger partial charge is 0.250 e. The minimum Gasteiger partial charge on any atom is -0.457 e. The first kappa shape index (κ1) is 15.4. The molecule has 0 bridgehead atoms. The molecule has 0 radical (unpaired) electrons. The number of hydrogen-bond donors (Lipinski definition) is 1. The maximum Gasteiger partial charge on any atom is 0.250 e. The largest absolute Gasteiger partial charge is 0.457 e. The summed E-state index contributed by atoms with van der Waals surface area (Å²) in [5.74, 6) is 1.16. The zero-order valence-corrected chi connectivity index (χ0v) is 13.1. The van der Waals surface area contributed by atoms with Crippen LogP contribution in [-0.4, -0.2) is 4.57 Å². The van der Waals surface area contributed by atoms with Gasteiger partial charge >= 0.3 is 0 Å². The molecule has 1 heterocycles. The van der Waals surface area contributed by atoms with Crippen molar-refractivity contribution in [2.45, 2.75) is 0 Å². The molecule has 5 nitrogen and oxygen atoms in total. The molecule has 0 saturated carbocycles. The molecule has 0 aliphatic rings. The fraction of sp³-hybridized carbons (Fsp3) is 0.0526. The number of anilines is 1. The van der Waals surface area contributed by atoms with Crippen molar-refractivity contribution in [1.29, 1.82) is 5.26 Å². The van der Waals surface area contributed by atoms with E-state index < -0.39 is 0 Å². The van der Waals surface area contributed by atoms with Crippen LogP contribution in [0.5, 0.6) is 11.5 Å². The third-order valence-electron chi connectivity index (χ3n) is 3.59. The van der Waals surface area contributed by atoms with Gasteiger partial charge in [0.05, 0.1) is 11.6 Å². The number of aromatic nitrogens is 1. The number of aryl methyl sites for hydroxylation is 1. The number of nitrogens with zero attached hydrogens (tertiary/aromatic N) is 2. The third-order valence-corrected chi connectivity index (χ3v) is 3.59. The molecule has 0 amide bonds. The highest BCUT2D eigenvalue weighted by molar-refractivity contribution is 5.73. The van der Waals surface area contributed by atoms with Crippen LogP contribution in [0.3, 0.4) is 0 Å². The molecule has 24 heavy (non-hydrogen) atoms. The van der Waals surface area contributed by atoms with E-state index >= 15 is 0 Å². The van der Waals surface area contributed by atoms with Crippen LogP contribution < -0.4 is 16.0 Å². The van der Waals surface area contributed by atoms with Gasteiger partial charge < -0.3 is 15.0 Å². The quantitative estimate of drug-likeness (QED) is 0.752. The molecule has 118 valence electrons. The van der Waals surface area contributed by atoms with Crippen LogP contribution in [0.1, 0.15) is 5.56 Å². The summed E-state index contributed by atoms with van der Waals surface area (Å²) in [5.41, 5.74) is 8.52. The van der Waals surface area contributed by atoms with Crippen molar-refractivity contribution in [3.05, 3.63) is 76.7 Å². The van der Waals surface area contributed by atoms with Crippen molar-refractivity contribution < 1.29 is 4.74 Å². The van der Waals surface area contributed by atoms with Gasteiger partial charge in [0.15, 0.2) is 0 Å². The Morgan fingerprint density at radius 2 is 1.96 bits per heavy atom. The number of nitrogen functional groups attached to an aromatic ring is 1. The lowest BCUT2D eigenvalue weighted by Crippen LogP contribution is -2.14. The molecule has 1 aromatic heterocycles. The predicted octanol–water partition coefficient (Wildman–Crippen LogP) is 3.30. The maximum atomic E-state index is 11.6. The zero-order valence-electron chi connectivity index (χ0n) is 13.1. The number of nitrogens with two attached hydrogens (primary N) is 1. The highest BCUT2D eigenvalue weighted by Gasteiger charge is 2.10. The molecule has 0 aliphatic carbocycles. The van der Waals surface area contributed by atoms with E-state index in [1.165, 1.54) is 10.6 Å². The first-order valence-electron chi connectivity index (χ1n) is 7.31. The lowest BCUT2D eigenvalue weighted by Gasteiger charge is -2.13. The SMILES string of the molecule is Cn1cc(-c2cc(N)ccc2Oc2cccc(C#N)c2)ccc1=O. The molecular formula is C19H15N3O2. The Balaban J connectivity index is 2.07. The molecule has 0 saturated heterocycles. The average Bonchev–Trinajstić information content (AvgIpc) is 2.59. The van der Waals surface area contributed by atoms with Gasteiger partial charge in [-0.25, -0.2) is 0 Å². The van der Waals surface area contributed by atoms with Crippen molar-refractivity contribution in [3.63, 3.8) is 0 Å². The Hall–Kier alpha value is -3.52. The molecule has 2 aromatic carbocycles. The van der Waals surface area contributed by atoms with Crippen LogP contribution in [0.4, 0.5) is 5.69 Å². The average molecular weight is 317 g/mol. The summed E-state index contributed by atoms with van der Waals surface area (Å²) in [6.45, 7) is 0. The van der Waals surface area contributed by atoms with Gasteiger partial charge in [-0.2, -0.15) is 5.26 Å². The second-order valence-electron chi connectivity index (χ2n) is 5.36. The minimum atomic E-state index is -0.0909. The number of ether oxygens (including phenoxy) is 1. The fourth-order valence-electron chi connectivity index (χ4n) is 2.37. The van der Waals surface area contributed by atoms with Crippen molar-refractivity contribution >= 4 is 5.69 Å². The second kappa shape index (κ2) is 6.31. The number of benzene rings is 2. The van der Waals surface area contributed by atoms with E-state index in [0.29, 0.717) is 22.7 Å². The number of hydrogen-bond acceptors (Lipinski definition) is 4. The van der Waals surface area contributed by atoms with Crippen LogP contribution in [0.2, 0.25) is 0 Å². The van der Waals surface area contributed by atoms with Crippen molar-refractivity contribution in [2.75, 3.05) is 5.73 Å². The van der Waals surface area contributed by atoms with Crippen molar-refractivity contribution in [2.24, 2.45) is 7.05 Å². The van der Waals surface area contributed by atoms with Crippen LogP contribution in [0.15, 0.2) is 65.6 Å². The molecule has 0 spiro atoms. The van der Waals surface area contributed by atoms with Gasteiger partial charge in [-0.1, -0.05) is 6.07 Å². The van der Waals surface area contributed by atoms with Gasteiger partial charge in [0.25, 0.3) is 0 Å². The molecule has 0 fully saturated rings. The van der Waals surface area contributed by atoms with Crippen molar-refractivity contribution in [1.82, 2.24) is 4.57 Å². The van der Waals surface area contributed by atoms with Gasteiger partial charge in [0, 0.05) is 36.1 Å². The summed E-state index contributed by atoms with van der Waals surface area (Å²) in [6, 6.07) is 17.5. The lowest BCUT2D eigenvalue weighted by molar-refractivity contribution is 0.484. The van der Waals surface area contributed by atoms with Crippen LogP contribution in [-0.2, 0) is 7.05 Å². The first-order chi connectivity index (χ1) is 11.6. The molecule has 3 aromatic rings. The summed E-state index contributed by atoms with van der Waals surface area (Å²) in [6.07, 6.45) is 1.73. The zero-order chi connectivity index (χ0) is 17.1. The standard InChI is InChI=1S/C19H15N3O2/c1-22-12-14(5-8-19(22)23)17-10-15(21)6-7-18(17)24-16-4-2-3-13(9-16)11-20/h2-10,12H,21H2,1H3. The van der Waals surface area contributed by atoms with E-state index in [9.17, 15) is 4.79 Å². The summed E-state index contributed by atoms with van der Waals surface area (Å²) >= 11 is 0. The van der Waals surface area contributed by atoms with Gasteiger partial charge in [-0.3, -0.25) is 4.79 Å². The molecule has 2 N–H and O–H groups in total. The van der Waals surface area contributed by atoms with Crippen LogP contribution in [0.25, 0.3) is 11.1 Å². The van der Waals surface area contributed by atoms with E-state index in [2.05, 4.69) is 6.07 Å². The van der Waals surface area contributed by atoms with Crippen LogP contribution >= 0.6 is 0 Å². The Morgan fingerprint density at radius 3 is 2.71 bits per heavy atom. The van der Waals surface area contributed by atoms with E-state index in [-0.39, 0.29) is 5.56 Å². The van der Waals surface area contributed by atoms with E-state index in [0.717, 1.165) is 11.1 Å². The second-order valence-corrected chi connectivity index (χ2v) is 5.36. The molecule has 5 heteroatoms. The number of nitriles is 1. The highest BCUT2D eigenvalue weighted by Crippen LogP contribution is 2.34. The fourth-order valence-corrected chi connectivity index (χ4v) is 2.37. The summed E-state index contributed by atoms with van der Waals surface area (Å²) in [4.78, 5) is 11.6. The van der Waals surface area contributed by atoms with E-state index in [4.69, 9.17) is 15.7 Å². The Labute approximate surface area is 139 Å². The summed E-state index contributed by atoms with van der Waals surface area (Å²) < 4.78 is 7.44. The normalized spacial score (nSPS) is 10.2. The Kier molecular flexibility index (Phi) is 4.04. The first-order valence-corrected chi connectivity index (χ1v) is 7.31. The maximum absolute atomic E-state index is 11.6. The number of pyridine rings is 1. The molecule has 3 rings (SSSR count). The van der Waals surface area contributed by atoms with Gasteiger partial charge in [-0.15, -0.1) is 0 Å². The molecule has 0 unspecified atom stereocenters. The Morgan fingerprint density at radius 1 is 1.12 bits per heavy atom. The van der Waals surface area contributed by atoms with Crippen molar-refractivity contribution in [3.8, 4) is 28.7 Å². The van der Waals surface area contributed by atoms with E-state index in [1.807, 2.05) is 0 Å². The summed E-state index contributed by atoms with van der Waals surface area (Å²) in [5, 5.41) is 9.00. The summed E-state index contributed by atoms with van der Waals surface area (Å²) in [7, 11) is 1.69. The van der Waals surface area contributed by atoms with Gasteiger partial charge in [-0.05, 0) is 42.5 Å². The molecule has 0 atom stereocenters. The predicted molar refractivity (Wildman–Crippen MR) is 92.8 cm³/mol. The minimum absolute atomic E-state index is 0.0909. The monoisotopic (exact) mass is 317 g/mol. The van der Waals surface area contributed by atoms with Gasteiger partial charge in [0.2, 0.25) is 5.56 Å². The molecule has 0 aliphatic heterocycles. The van der Waals surface area contributed by atoms with Crippen LogP contribution in [0, 0.1) is 11.3 Å². The Bertz CT molecular complexity index is 1000. The van der Waals surface area contributed by atoms with E-state index in [1.54, 1.807) is 61.8 Å². The lowest BCUT2D eigenvalue weighted by atomic mass is 10.1. The highest BCUT2D eigenvalue weighted by atomic mass is 16.5. The topological polar surface area (TPSA) is 81.0 Å². The number of rotatable bonds is 3. The van der Waals surface area contributed by atoms with Gasteiger partial charge in [0.1, 0.15) is 11.5 Å².